The maximum absolute atomic E-state index is 12.6. The van der Waals surface area contributed by atoms with Gasteiger partial charge in [0.25, 0.3) is 0 Å². The largest absolute Gasteiger partial charge is 0.454 e. The van der Waals surface area contributed by atoms with E-state index in [0.29, 0.717) is 48.5 Å². The van der Waals surface area contributed by atoms with E-state index in [1.807, 2.05) is 33.7 Å². The number of fused-ring (bicyclic) bond motifs is 2. The first-order valence-electron chi connectivity index (χ1n) is 13.2. The number of imidazole rings is 1. The molecule has 2 fully saturated rings. The first-order chi connectivity index (χ1) is 18.5. The molecule has 2 aliphatic heterocycles. The second-order valence-electron chi connectivity index (χ2n) is 10.5. The Morgan fingerprint density at radius 3 is 2.74 bits per heavy atom. The van der Waals surface area contributed by atoms with Crippen LogP contribution in [-0.4, -0.2) is 62.2 Å². The quantitative estimate of drug-likeness (QED) is 0.509. The molecule has 0 spiro atoms. The molecule has 2 aliphatic carbocycles. The van der Waals surface area contributed by atoms with Crippen molar-refractivity contribution in [2.75, 3.05) is 25.2 Å². The van der Waals surface area contributed by atoms with E-state index in [1.165, 1.54) is 0 Å². The van der Waals surface area contributed by atoms with E-state index in [-0.39, 0.29) is 36.5 Å². The first-order valence-corrected chi connectivity index (χ1v) is 13.2. The van der Waals surface area contributed by atoms with Crippen LogP contribution < -0.4 is 20.5 Å². The van der Waals surface area contributed by atoms with E-state index in [1.54, 1.807) is 6.20 Å². The number of nitrogens with two attached hydrogens (primary N) is 1. The predicted octanol–water partition coefficient (Wildman–Crippen LogP) is 2.07. The third-order valence-corrected chi connectivity index (χ3v) is 7.83. The zero-order valence-electron chi connectivity index (χ0n) is 20.9. The molecule has 196 valence electrons. The van der Waals surface area contributed by atoms with Crippen LogP contribution in [0.3, 0.4) is 0 Å². The normalized spacial score (nSPS) is 21.8. The van der Waals surface area contributed by atoms with Gasteiger partial charge in [0.15, 0.2) is 11.5 Å². The Balaban J connectivity index is 1.21. The zero-order valence-corrected chi connectivity index (χ0v) is 20.9. The van der Waals surface area contributed by atoms with E-state index in [2.05, 4.69) is 10.3 Å². The molecule has 0 radical (unpaired) electrons. The van der Waals surface area contributed by atoms with E-state index >= 15 is 0 Å². The van der Waals surface area contributed by atoms with Crippen LogP contribution in [0.1, 0.15) is 37.1 Å². The summed E-state index contributed by atoms with van der Waals surface area (Å²) >= 11 is 0. The topological polar surface area (TPSA) is 137 Å². The number of anilines is 1. The van der Waals surface area contributed by atoms with Crippen molar-refractivity contribution in [3.8, 4) is 28.7 Å². The van der Waals surface area contributed by atoms with E-state index in [4.69, 9.17) is 25.2 Å². The Labute approximate surface area is 219 Å². The molecule has 2 amide bonds. The van der Waals surface area contributed by atoms with Crippen molar-refractivity contribution >= 4 is 17.8 Å². The summed E-state index contributed by atoms with van der Waals surface area (Å²) in [6.07, 6.45) is 6.64. The fraction of sp³-hybridized carbons (Fsp3) is 0.444. The highest BCUT2D eigenvalue weighted by atomic mass is 16.7. The second-order valence-corrected chi connectivity index (χ2v) is 10.5. The van der Waals surface area contributed by atoms with Gasteiger partial charge >= 0.3 is 0 Å². The average molecular weight is 516 g/mol. The molecule has 2 aromatic heterocycles. The Morgan fingerprint density at radius 2 is 1.89 bits per heavy atom. The lowest BCUT2D eigenvalue weighted by Crippen LogP contribution is -2.45. The van der Waals surface area contributed by atoms with Crippen molar-refractivity contribution in [3.05, 3.63) is 41.9 Å². The van der Waals surface area contributed by atoms with Gasteiger partial charge in [-0.3, -0.25) is 14.2 Å². The number of nitrogens with zero attached hydrogens (tertiary/aromatic N) is 5. The predicted molar refractivity (Wildman–Crippen MR) is 137 cm³/mol. The molecule has 7 rings (SSSR count). The average Bonchev–Trinajstić information content (AvgIpc) is 3.35. The number of primary amides is 1. The highest BCUT2D eigenvalue weighted by Gasteiger charge is 2.36. The number of hydrogen-bond acceptors (Lipinski definition) is 8. The minimum atomic E-state index is -0.327. The van der Waals surface area contributed by atoms with Gasteiger partial charge < -0.3 is 25.4 Å². The molecule has 1 saturated carbocycles. The summed E-state index contributed by atoms with van der Waals surface area (Å²) in [6, 6.07) is 7.66. The number of nitrogens with one attached hydrogen (secondary N) is 1. The van der Waals surface area contributed by atoms with Gasteiger partial charge in [-0.1, -0.05) is 0 Å². The van der Waals surface area contributed by atoms with E-state index < -0.39 is 0 Å². The monoisotopic (exact) mass is 515 g/mol. The number of amides is 2. The van der Waals surface area contributed by atoms with Crippen molar-refractivity contribution in [2.45, 2.75) is 44.6 Å². The number of piperidine rings is 1. The Bertz CT molecular complexity index is 1430. The number of carbonyl (C=O) groups is 2. The number of ether oxygens (including phenoxy) is 2. The van der Waals surface area contributed by atoms with Crippen molar-refractivity contribution < 1.29 is 19.1 Å². The highest BCUT2D eigenvalue weighted by molar-refractivity contribution is 5.81. The van der Waals surface area contributed by atoms with Crippen LogP contribution >= 0.6 is 0 Å². The van der Waals surface area contributed by atoms with Crippen molar-refractivity contribution in [1.82, 2.24) is 24.4 Å². The summed E-state index contributed by atoms with van der Waals surface area (Å²) in [4.78, 5) is 40.8. The zero-order chi connectivity index (χ0) is 25.8. The second kappa shape index (κ2) is 9.00. The number of aromatic nitrogens is 4. The van der Waals surface area contributed by atoms with Gasteiger partial charge in [0, 0.05) is 61.3 Å². The molecule has 38 heavy (non-hydrogen) atoms. The maximum Gasteiger partial charge on any atom is 0.231 e. The molecule has 4 aliphatic rings. The molecule has 3 aromatic rings. The lowest BCUT2D eigenvalue weighted by Gasteiger charge is -2.33. The lowest BCUT2D eigenvalue weighted by atomic mass is 10.1. The van der Waals surface area contributed by atoms with Crippen LogP contribution in [0.2, 0.25) is 0 Å². The third-order valence-electron chi connectivity index (χ3n) is 7.83. The van der Waals surface area contributed by atoms with Crippen LogP contribution in [-0.2, 0) is 22.4 Å². The number of rotatable bonds is 6. The third kappa shape index (κ3) is 4.11. The van der Waals surface area contributed by atoms with Crippen molar-refractivity contribution in [1.29, 1.82) is 0 Å². The number of hydrogen-bond donors (Lipinski definition) is 2. The summed E-state index contributed by atoms with van der Waals surface area (Å²) in [7, 11) is 0. The van der Waals surface area contributed by atoms with Crippen molar-refractivity contribution in [3.63, 3.8) is 0 Å². The lowest BCUT2D eigenvalue weighted by molar-refractivity contribution is -0.133. The molecule has 11 nitrogen and oxygen atoms in total. The van der Waals surface area contributed by atoms with Gasteiger partial charge in [-0.05, 0) is 49.9 Å². The highest BCUT2D eigenvalue weighted by Crippen LogP contribution is 2.39. The Hall–Kier alpha value is -4.15. The molecule has 3 N–H and O–H groups in total. The first kappa shape index (κ1) is 23.0. The molecule has 1 saturated heterocycles. The van der Waals surface area contributed by atoms with Gasteiger partial charge in [-0.25, -0.2) is 9.97 Å². The summed E-state index contributed by atoms with van der Waals surface area (Å²) in [5, 5.41) is 3.45. The summed E-state index contributed by atoms with van der Waals surface area (Å²) in [5.41, 5.74) is 8.27. The SMILES string of the molecule is NC(=O)C1Cc2nc(-c3ccc4c(c3)OCO4)n(-c3ccnc(N[C@H]4CCCN(C(=O)C5CC5)C4)n3)c2C1. The molecule has 1 aromatic carbocycles. The minimum Gasteiger partial charge on any atom is -0.454 e. The molecule has 11 heteroatoms. The van der Waals surface area contributed by atoms with Crippen LogP contribution in [0.25, 0.3) is 17.2 Å². The van der Waals surface area contributed by atoms with Crippen LogP contribution in [0, 0.1) is 11.8 Å². The van der Waals surface area contributed by atoms with Gasteiger partial charge in [0.05, 0.1) is 5.69 Å². The molecular formula is C27H29N7O4. The van der Waals surface area contributed by atoms with E-state index in [9.17, 15) is 9.59 Å². The maximum atomic E-state index is 12.6. The van der Waals surface area contributed by atoms with Gasteiger partial charge in [-0.2, -0.15) is 4.98 Å². The van der Waals surface area contributed by atoms with Gasteiger partial charge in [0.2, 0.25) is 24.6 Å². The van der Waals surface area contributed by atoms with E-state index in [0.717, 1.165) is 49.2 Å². The smallest absolute Gasteiger partial charge is 0.231 e. The number of likely N-dealkylation sites (tertiary alicyclic amines) is 1. The van der Waals surface area contributed by atoms with Crippen molar-refractivity contribution in [2.24, 2.45) is 17.6 Å². The van der Waals surface area contributed by atoms with Crippen LogP contribution in [0.15, 0.2) is 30.5 Å². The van der Waals surface area contributed by atoms with Crippen LogP contribution in [0.5, 0.6) is 11.5 Å². The summed E-state index contributed by atoms with van der Waals surface area (Å²) < 4.78 is 13.1. The Kier molecular flexibility index (Phi) is 5.45. The summed E-state index contributed by atoms with van der Waals surface area (Å²) in [5.74, 6) is 3.09. The summed E-state index contributed by atoms with van der Waals surface area (Å²) in [6.45, 7) is 1.66. The molecule has 2 atom stereocenters. The molecule has 4 heterocycles. The van der Waals surface area contributed by atoms with Crippen LogP contribution in [0.4, 0.5) is 5.95 Å². The Morgan fingerprint density at radius 1 is 1.03 bits per heavy atom. The molecule has 0 bridgehead atoms. The number of benzene rings is 1. The molecule has 1 unspecified atom stereocenters. The minimum absolute atomic E-state index is 0.0859. The van der Waals surface area contributed by atoms with Gasteiger partial charge in [0.1, 0.15) is 11.6 Å². The standard InChI is InChI=1S/C27H29N7O4/c28-24(35)17-10-19-20(11-17)34(25(31-19)16-5-6-21-22(12-16)38-14-37-21)23-7-8-29-27(32-23)30-18-2-1-9-33(13-18)26(36)15-3-4-15/h5-8,12,15,17-18H,1-4,9-11,13-14H2,(H2,28,35)(H,29,30,32)/t17?,18-/m0/s1. The molecular weight excluding hydrogens is 486 g/mol. The number of carbonyl (C=O) groups excluding carboxylic acids is 2. The fourth-order valence-electron chi connectivity index (χ4n) is 5.70. The fourth-order valence-corrected chi connectivity index (χ4v) is 5.70. The van der Waals surface area contributed by atoms with Gasteiger partial charge in [-0.15, -0.1) is 0 Å².